The smallest absolute Gasteiger partial charge is 0.170 e. The Hall–Kier alpha value is -2.79. The molecule has 3 atom stereocenters. The Morgan fingerprint density at radius 1 is 0.933 bits per heavy atom. The van der Waals surface area contributed by atoms with E-state index in [2.05, 4.69) is 22.0 Å². The third-order valence-corrected chi connectivity index (χ3v) is 6.62. The zero-order valence-corrected chi connectivity index (χ0v) is 18.3. The van der Waals surface area contributed by atoms with E-state index < -0.39 is 0 Å². The van der Waals surface area contributed by atoms with Gasteiger partial charge >= 0.3 is 0 Å². The largest absolute Gasteiger partial charge is 0.493 e. The number of fused-ring (bicyclic) bond motifs is 6. The molecule has 5 rings (SSSR count). The SMILES string of the molecule is COc1cc2c(cc1OC)[C@@H](C(=O)c1ccccc1)[C@H]1C[C@@H]2Oc2ccc(Br)cc21. The standard InChI is InChI=1S/C25H21BrO4/c1-28-22-11-17-19(13-23(22)29-2)24(25(27)14-6-4-3-5-7-14)18-12-21(17)30-20-9-8-15(26)10-16(18)20/h3-11,13,18,21,24H,12H2,1-2H3/t18-,21-,24-/m0/s1. The van der Waals surface area contributed by atoms with Crippen molar-refractivity contribution in [2.24, 2.45) is 0 Å². The summed E-state index contributed by atoms with van der Waals surface area (Å²) in [6.45, 7) is 0. The molecule has 0 fully saturated rings. The van der Waals surface area contributed by atoms with Gasteiger partial charge in [0.1, 0.15) is 11.9 Å². The van der Waals surface area contributed by atoms with Crippen molar-refractivity contribution >= 4 is 21.7 Å². The summed E-state index contributed by atoms with van der Waals surface area (Å²) in [6.07, 6.45) is 0.619. The molecule has 0 unspecified atom stereocenters. The first-order valence-corrected chi connectivity index (χ1v) is 10.7. The molecule has 30 heavy (non-hydrogen) atoms. The van der Waals surface area contributed by atoms with Crippen LogP contribution >= 0.6 is 15.9 Å². The van der Waals surface area contributed by atoms with Gasteiger partial charge in [-0.2, -0.15) is 0 Å². The molecule has 0 aromatic heterocycles. The number of ether oxygens (including phenoxy) is 3. The number of carbonyl (C=O) groups is 1. The van der Waals surface area contributed by atoms with E-state index >= 15 is 0 Å². The normalized spacial score (nSPS) is 21.1. The van der Waals surface area contributed by atoms with Crippen LogP contribution in [0.3, 0.4) is 0 Å². The third kappa shape index (κ3) is 3.00. The molecule has 2 bridgehead atoms. The van der Waals surface area contributed by atoms with Crippen molar-refractivity contribution in [3.63, 3.8) is 0 Å². The van der Waals surface area contributed by atoms with Crippen LogP contribution in [0.5, 0.6) is 17.2 Å². The maximum absolute atomic E-state index is 13.8. The third-order valence-electron chi connectivity index (χ3n) is 6.12. The van der Waals surface area contributed by atoms with Gasteiger partial charge in [-0.3, -0.25) is 4.79 Å². The van der Waals surface area contributed by atoms with Crippen molar-refractivity contribution in [1.29, 1.82) is 0 Å². The van der Waals surface area contributed by atoms with Crippen molar-refractivity contribution in [3.8, 4) is 17.2 Å². The number of hydrogen-bond acceptors (Lipinski definition) is 4. The lowest BCUT2D eigenvalue weighted by atomic mass is 9.67. The Kier molecular flexibility index (Phi) is 4.78. The van der Waals surface area contributed by atoms with E-state index in [9.17, 15) is 4.79 Å². The fraction of sp³-hybridized carbons (Fsp3) is 0.240. The van der Waals surface area contributed by atoms with Gasteiger partial charge in [-0.25, -0.2) is 0 Å². The van der Waals surface area contributed by atoms with Gasteiger partial charge in [-0.1, -0.05) is 46.3 Å². The maximum Gasteiger partial charge on any atom is 0.170 e. The molecule has 0 N–H and O–H groups in total. The molecule has 1 aliphatic carbocycles. The van der Waals surface area contributed by atoms with E-state index in [1.54, 1.807) is 14.2 Å². The van der Waals surface area contributed by atoms with Crippen LogP contribution in [0, 0.1) is 0 Å². The maximum atomic E-state index is 13.8. The number of benzene rings is 3. The molecule has 2 aliphatic rings. The zero-order chi connectivity index (χ0) is 20.8. The average molecular weight is 465 g/mol. The minimum Gasteiger partial charge on any atom is -0.493 e. The van der Waals surface area contributed by atoms with Crippen LogP contribution in [0.4, 0.5) is 0 Å². The molecular formula is C25H21BrO4. The number of halogens is 1. The highest BCUT2D eigenvalue weighted by Gasteiger charge is 2.45. The number of ketones is 1. The molecule has 5 heteroatoms. The lowest BCUT2D eigenvalue weighted by Crippen LogP contribution is -2.33. The Labute approximate surface area is 183 Å². The van der Waals surface area contributed by atoms with E-state index in [1.807, 2.05) is 54.6 Å². The van der Waals surface area contributed by atoms with Crippen LogP contribution in [-0.4, -0.2) is 20.0 Å². The molecule has 3 aromatic carbocycles. The summed E-state index contributed by atoms with van der Waals surface area (Å²) < 4.78 is 18.4. The Morgan fingerprint density at radius 2 is 1.63 bits per heavy atom. The highest BCUT2D eigenvalue weighted by Crippen LogP contribution is 2.56. The van der Waals surface area contributed by atoms with Gasteiger partial charge in [0, 0.05) is 21.5 Å². The second kappa shape index (κ2) is 7.47. The summed E-state index contributed by atoms with van der Waals surface area (Å²) in [5, 5.41) is 0. The molecule has 0 amide bonds. The van der Waals surface area contributed by atoms with Crippen LogP contribution in [0.2, 0.25) is 0 Å². The molecule has 0 saturated carbocycles. The summed E-state index contributed by atoms with van der Waals surface area (Å²) in [6, 6.07) is 19.5. The fourth-order valence-electron chi connectivity index (χ4n) is 4.76. The van der Waals surface area contributed by atoms with Crippen molar-refractivity contribution in [3.05, 3.63) is 87.4 Å². The fourth-order valence-corrected chi connectivity index (χ4v) is 5.14. The Balaban J connectivity index is 1.73. The van der Waals surface area contributed by atoms with Gasteiger partial charge < -0.3 is 14.2 Å². The van der Waals surface area contributed by atoms with E-state index in [0.29, 0.717) is 17.1 Å². The van der Waals surface area contributed by atoms with Crippen LogP contribution in [0.25, 0.3) is 0 Å². The first-order chi connectivity index (χ1) is 14.6. The quantitative estimate of drug-likeness (QED) is 0.440. The molecule has 0 spiro atoms. The summed E-state index contributed by atoms with van der Waals surface area (Å²) in [5.41, 5.74) is 3.72. The summed E-state index contributed by atoms with van der Waals surface area (Å²) in [7, 11) is 3.24. The van der Waals surface area contributed by atoms with Crippen LogP contribution in [0.1, 0.15) is 51.4 Å². The summed E-state index contributed by atoms with van der Waals surface area (Å²) >= 11 is 3.58. The van der Waals surface area contributed by atoms with Gasteiger partial charge in [-0.05, 0) is 47.9 Å². The molecule has 1 heterocycles. The Morgan fingerprint density at radius 3 is 2.33 bits per heavy atom. The predicted octanol–water partition coefficient (Wildman–Crippen LogP) is 6.05. The van der Waals surface area contributed by atoms with E-state index in [4.69, 9.17) is 14.2 Å². The minimum atomic E-state index is -0.324. The number of carbonyl (C=O) groups excluding carboxylic acids is 1. The van der Waals surface area contributed by atoms with Gasteiger partial charge in [-0.15, -0.1) is 0 Å². The number of hydrogen-bond donors (Lipinski definition) is 0. The minimum absolute atomic E-state index is 0.0227. The van der Waals surface area contributed by atoms with Crippen molar-refractivity contribution in [2.45, 2.75) is 24.4 Å². The molecular weight excluding hydrogens is 444 g/mol. The molecule has 0 saturated heterocycles. The molecule has 0 radical (unpaired) electrons. The van der Waals surface area contributed by atoms with Gasteiger partial charge in [0.25, 0.3) is 0 Å². The highest BCUT2D eigenvalue weighted by atomic mass is 79.9. The van der Waals surface area contributed by atoms with Crippen molar-refractivity contribution < 1.29 is 19.0 Å². The first-order valence-electron chi connectivity index (χ1n) is 9.92. The average Bonchev–Trinajstić information content (AvgIpc) is 2.79. The monoisotopic (exact) mass is 464 g/mol. The van der Waals surface area contributed by atoms with E-state index in [-0.39, 0.29) is 23.7 Å². The first kappa shape index (κ1) is 19.2. The molecule has 1 aliphatic heterocycles. The van der Waals surface area contributed by atoms with Gasteiger partial charge in [0.2, 0.25) is 0 Å². The van der Waals surface area contributed by atoms with Gasteiger partial charge in [0.05, 0.1) is 20.1 Å². The zero-order valence-electron chi connectivity index (χ0n) is 16.7. The highest BCUT2D eigenvalue weighted by molar-refractivity contribution is 9.10. The van der Waals surface area contributed by atoms with Crippen molar-refractivity contribution in [2.75, 3.05) is 14.2 Å². The number of Topliss-reactive ketones (excluding diaryl/α,β-unsaturated/α-hetero) is 1. The van der Waals surface area contributed by atoms with Crippen LogP contribution < -0.4 is 14.2 Å². The summed E-state index contributed by atoms with van der Waals surface area (Å²) in [5.74, 6) is 1.92. The number of methoxy groups -OCH3 is 2. The Bertz CT molecular complexity index is 1130. The second-order valence-electron chi connectivity index (χ2n) is 7.67. The molecule has 152 valence electrons. The van der Waals surface area contributed by atoms with Crippen LogP contribution in [0.15, 0.2) is 65.1 Å². The lowest BCUT2D eigenvalue weighted by molar-refractivity contribution is 0.0877. The van der Waals surface area contributed by atoms with Crippen molar-refractivity contribution in [1.82, 2.24) is 0 Å². The summed E-state index contributed by atoms with van der Waals surface area (Å²) in [4.78, 5) is 13.8. The molecule has 3 aromatic rings. The number of rotatable bonds is 4. The van der Waals surface area contributed by atoms with E-state index in [0.717, 1.165) is 33.3 Å². The van der Waals surface area contributed by atoms with Gasteiger partial charge in [0.15, 0.2) is 17.3 Å². The lowest BCUT2D eigenvalue weighted by Gasteiger charge is -2.42. The van der Waals surface area contributed by atoms with E-state index in [1.165, 1.54) is 0 Å². The second-order valence-corrected chi connectivity index (χ2v) is 8.59. The topological polar surface area (TPSA) is 44.8 Å². The van der Waals surface area contributed by atoms with Crippen LogP contribution in [-0.2, 0) is 0 Å². The predicted molar refractivity (Wildman–Crippen MR) is 118 cm³/mol. The molecule has 4 nitrogen and oxygen atoms in total.